The Hall–Kier alpha value is -2.08. The maximum atomic E-state index is 11.4. The van der Waals surface area contributed by atoms with Crippen LogP contribution < -0.4 is 5.32 Å². The van der Waals surface area contributed by atoms with Gasteiger partial charge < -0.3 is 15.0 Å². The van der Waals surface area contributed by atoms with E-state index in [1.165, 1.54) is 19.6 Å². The van der Waals surface area contributed by atoms with Crippen molar-refractivity contribution < 1.29 is 14.3 Å². The van der Waals surface area contributed by atoms with Gasteiger partial charge >= 0.3 is 6.09 Å². The quantitative estimate of drug-likeness (QED) is 0.917. The smallest absolute Gasteiger partial charge is 0.409 e. The van der Waals surface area contributed by atoms with Crippen LogP contribution in [0.1, 0.15) is 12.5 Å². The number of rotatable bonds is 4. The van der Waals surface area contributed by atoms with E-state index >= 15 is 0 Å². The highest BCUT2D eigenvalue weighted by atomic mass is 16.5. The Morgan fingerprint density at radius 3 is 2.32 bits per heavy atom. The molecule has 0 radical (unpaired) electrons. The first-order chi connectivity index (χ1) is 10.6. The van der Waals surface area contributed by atoms with Gasteiger partial charge in [-0.25, -0.2) is 4.79 Å². The van der Waals surface area contributed by atoms with Crippen molar-refractivity contribution in [2.45, 2.75) is 13.3 Å². The Bertz CT molecular complexity index is 508. The molecule has 0 spiro atoms. The second-order valence-electron chi connectivity index (χ2n) is 5.43. The molecular weight excluding hydrogens is 282 g/mol. The third-order valence-corrected chi connectivity index (χ3v) is 3.80. The highest BCUT2D eigenvalue weighted by molar-refractivity contribution is 5.88. The van der Waals surface area contributed by atoms with Crippen LogP contribution in [0, 0.1) is 0 Å². The number of benzene rings is 1. The molecule has 2 rings (SSSR count). The van der Waals surface area contributed by atoms with Crippen molar-refractivity contribution in [3.8, 4) is 0 Å². The van der Waals surface area contributed by atoms with Gasteiger partial charge in [0.15, 0.2) is 0 Å². The zero-order valence-electron chi connectivity index (χ0n) is 13.2. The highest BCUT2D eigenvalue weighted by Crippen LogP contribution is 2.11. The van der Waals surface area contributed by atoms with E-state index in [1.807, 2.05) is 24.3 Å². The molecule has 0 atom stereocenters. The summed E-state index contributed by atoms with van der Waals surface area (Å²) in [5.41, 5.74) is 2.06. The molecule has 1 aliphatic rings. The van der Waals surface area contributed by atoms with Crippen LogP contribution >= 0.6 is 0 Å². The molecular formula is C16H23N3O3. The van der Waals surface area contributed by atoms with Crippen LogP contribution in [0.4, 0.5) is 10.5 Å². The molecule has 22 heavy (non-hydrogen) atoms. The number of ether oxygens (including phenoxy) is 1. The average molecular weight is 305 g/mol. The molecule has 1 N–H and O–H groups in total. The Morgan fingerprint density at radius 1 is 1.14 bits per heavy atom. The first-order valence-corrected chi connectivity index (χ1v) is 7.50. The fourth-order valence-corrected chi connectivity index (χ4v) is 2.53. The number of carbonyl (C=O) groups is 2. The molecule has 1 saturated heterocycles. The minimum absolute atomic E-state index is 0.0590. The normalized spacial score (nSPS) is 15.5. The van der Waals surface area contributed by atoms with Crippen LogP contribution in [0.3, 0.4) is 0 Å². The number of methoxy groups -OCH3 is 1. The first-order valence-electron chi connectivity index (χ1n) is 7.50. The van der Waals surface area contributed by atoms with E-state index < -0.39 is 0 Å². The standard InChI is InChI=1S/C16H23N3O3/c1-13(20)17-15-5-3-14(4-6-15)7-8-18-9-11-19(12-10-18)16(21)22-2/h3-6H,7-12H2,1-2H3,(H,17,20). The molecule has 1 aromatic rings. The SMILES string of the molecule is COC(=O)N1CCN(CCc2ccc(NC(C)=O)cc2)CC1. The van der Waals surface area contributed by atoms with Crippen LogP contribution in [0.25, 0.3) is 0 Å². The maximum Gasteiger partial charge on any atom is 0.409 e. The summed E-state index contributed by atoms with van der Waals surface area (Å²) in [7, 11) is 1.42. The number of nitrogens with one attached hydrogen (secondary N) is 1. The number of amides is 2. The Labute approximate surface area is 131 Å². The van der Waals surface area contributed by atoms with Gasteiger partial charge in [0, 0.05) is 45.3 Å². The van der Waals surface area contributed by atoms with Gasteiger partial charge in [-0.15, -0.1) is 0 Å². The lowest BCUT2D eigenvalue weighted by molar-refractivity contribution is -0.114. The molecule has 1 heterocycles. The molecule has 0 bridgehead atoms. The van der Waals surface area contributed by atoms with E-state index in [9.17, 15) is 9.59 Å². The monoisotopic (exact) mass is 305 g/mol. The van der Waals surface area contributed by atoms with E-state index in [1.54, 1.807) is 4.90 Å². The lowest BCUT2D eigenvalue weighted by Crippen LogP contribution is -2.49. The van der Waals surface area contributed by atoms with Crippen molar-refractivity contribution in [3.05, 3.63) is 29.8 Å². The number of hydrogen-bond donors (Lipinski definition) is 1. The molecule has 1 aromatic carbocycles. The molecule has 120 valence electrons. The van der Waals surface area contributed by atoms with Crippen LogP contribution in [0.15, 0.2) is 24.3 Å². The van der Waals surface area contributed by atoms with Gasteiger partial charge in [0.25, 0.3) is 0 Å². The van der Waals surface area contributed by atoms with Gasteiger partial charge in [0.05, 0.1) is 7.11 Å². The molecule has 6 nitrogen and oxygen atoms in total. The summed E-state index contributed by atoms with van der Waals surface area (Å²) >= 11 is 0. The fraction of sp³-hybridized carbons (Fsp3) is 0.500. The van der Waals surface area contributed by atoms with E-state index in [4.69, 9.17) is 4.74 Å². The molecule has 0 aromatic heterocycles. The predicted octanol–water partition coefficient (Wildman–Crippen LogP) is 1.57. The average Bonchev–Trinajstić information content (AvgIpc) is 2.53. The summed E-state index contributed by atoms with van der Waals surface area (Å²) < 4.78 is 4.73. The zero-order chi connectivity index (χ0) is 15.9. The van der Waals surface area contributed by atoms with Crippen molar-refractivity contribution in [2.24, 2.45) is 0 Å². The lowest BCUT2D eigenvalue weighted by atomic mass is 10.1. The second kappa shape index (κ2) is 7.79. The summed E-state index contributed by atoms with van der Waals surface area (Å²) in [4.78, 5) is 26.5. The molecule has 0 aliphatic carbocycles. The lowest BCUT2D eigenvalue weighted by Gasteiger charge is -2.33. The summed E-state index contributed by atoms with van der Waals surface area (Å²) in [5, 5.41) is 2.76. The van der Waals surface area contributed by atoms with E-state index in [0.717, 1.165) is 31.7 Å². The van der Waals surface area contributed by atoms with E-state index in [2.05, 4.69) is 10.2 Å². The first kappa shape index (κ1) is 16.3. The largest absolute Gasteiger partial charge is 0.453 e. The van der Waals surface area contributed by atoms with Crippen LogP contribution in [0.5, 0.6) is 0 Å². The Balaban J connectivity index is 1.75. The highest BCUT2D eigenvalue weighted by Gasteiger charge is 2.20. The predicted molar refractivity (Wildman–Crippen MR) is 84.9 cm³/mol. The second-order valence-corrected chi connectivity index (χ2v) is 5.43. The van der Waals surface area contributed by atoms with Gasteiger partial charge in [0.2, 0.25) is 5.91 Å². The maximum absolute atomic E-state index is 11.4. The molecule has 0 unspecified atom stereocenters. The third-order valence-electron chi connectivity index (χ3n) is 3.80. The van der Waals surface area contributed by atoms with Crippen molar-refractivity contribution in [1.29, 1.82) is 0 Å². The minimum atomic E-state index is -0.242. The number of anilines is 1. The van der Waals surface area contributed by atoms with Gasteiger partial charge in [-0.2, -0.15) is 0 Å². The summed E-state index contributed by atoms with van der Waals surface area (Å²) in [6.07, 6.45) is 0.715. The molecule has 0 saturated carbocycles. The Kier molecular flexibility index (Phi) is 5.77. The summed E-state index contributed by atoms with van der Waals surface area (Å²) in [5.74, 6) is -0.0590. The van der Waals surface area contributed by atoms with Gasteiger partial charge in [-0.05, 0) is 24.1 Å². The van der Waals surface area contributed by atoms with Gasteiger partial charge in [0.1, 0.15) is 0 Å². The van der Waals surface area contributed by atoms with Gasteiger partial charge in [-0.1, -0.05) is 12.1 Å². The third kappa shape index (κ3) is 4.73. The van der Waals surface area contributed by atoms with Gasteiger partial charge in [-0.3, -0.25) is 9.69 Å². The Morgan fingerprint density at radius 2 is 1.77 bits per heavy atom. The van der Waals surface area contributed by atoms with Crippen LogP contribution in [-0.4, -0.2) is 61.6 Å². The zero-order valence-corrected chi connectivity index (χ0v) is 13.2. The van der Waals surface area contributed by atoms with Crippen molar-refractivity contribution in [3.63, 3.8) is 0 Å². The summed E-state index contributed by atoms with van der Waals surface area (Å²) in [6, 6.07) is 7.92. The number of hydrogen-bond acceptors (Lipinski definition) is 4. The summed E-state index contributed by atoms with van der Waals surface area (Å²) in [6.45, 7) is 5.65. The van der Waals surface area contributed by atoms with Crippen molar-refractivity contribution >= 4 is 17.7 Å². The number of carbonyl (C=O) groups excluding carboxylic acids is 2. The molecule has 2 amide bonds. The molecule has 6 heteroatoms. The minimum Gasteiger partial charge on any atom is -0.453 e. The molecule has 1 fully saturated rings. The van der Waals surface area contributed by atoms with Crippen molar-refractivity contribution in [2.75, 3.05) is 45.2 Å². The molecule has 1 aliphatic heterocycles. The number of piperazine rings is 1. The van der Waals surface area contributed by atoms with Crippen LogP contribution in [0.2, 0.25) is 0 Å². The van der Waals surface area contributed by atoms with E-state index in [0.29, 0.717) is 13.1 Å². The van der Waals surface area contributed by atoms with Crippen molar-refractivity contribution in [1.82, 2.24) is 9.80 Å². The van der Waals surface area contributed by atoms with Crippen LogP contribution in [-0.2, 0) is 16.0 Å². The number of nitrogens with zero attached hydrogens (tertiary/aromatic N) is 2. The van der Waals surface area contributed by atoms with E-state index in [-0.39, 0.29) is 12.0 Å². The topological polar surface area (TPSA) is 61.9 Å². The fourth-order valence-electron chi connectivity index (χ4n) is 2.53.